The Bertz CT molecular complexity index is 646. The zero-order valence-corrected chi connectivity index (χ0v) is 11.1. The molecule has 2 N–H and O–H groups in total. The Morgan fingerprint density at radius 2 is 2.05 bits per heavy atom. The molecule has 2 rings (SSSR count). The van der Waals surface area contributed by atoms with Gasteiger partial charge in [0.05, 0.1) is 18.6 Å². The Kier molecular flexibility index (Phi) is 4.47. The van der Waals surface area contributed by atoms with Gasteiger partial charge in [-0.1, -0.05) is 13.0 Å². The quantitative estimate of drug-likeness (QED) is 0.782. The van der Waals surface area contributed by atoms with E-state index in [2.05, 4.69) is 0 Å². The molecule has 1 aromatic heterocycles. The largest absolute Gasteiger partial charge is 0.504 e. The van der Waals surface area contributed by atoms with Gasteiger partial charge in [-0.05, 0) is 18.6 Å². The van der Waals surface area contributed by atoms with Crippen LogP contribution < -0.4 is 15.1 Å². The van der Waals surface area contributed by atoms with Crippen molar-refractivity contribution in [1.82, 2.24) is 0 Å². The van der Waals surface area contributed by atoms with E-state index in [1.807, 2.05) is 6.92 Å². The molecule has 20 heavy (non-hydrogen) atoms. The van der Waals surface area contributed by atoms with Crippen LogP contribution in [-0.4, -0.2) is 30.0 Å². The number of rotatable bonds is 6. The van der Waals surface area contributed by atoms with Gasteiger partial charge < -0.3 is 24.1 Å². The Morgan fingerprint density at radius 3 is 2.75 bits per heavy atom. The summed E-state index contributed by atoms with van der Waals surface area (Å²) in [5.74, 6) is -0.177. The summed E-state index contributed by atoms with van der Waals surface area (Å²) in [6.45, 7) is 2.10. The maximum Gasteiger partial charge on any atom is 0.383 e. The van der Waals surface area contributed by atoms with Gasteiger partial charge in [0.2, 0.25) is 5.75 Å². The first-order chi connectivity index (χ1) is 9.69. The van der Waals surface area contributed by atoms with Crippen molar-refractivity contribution in [3.8, 4) is 17.2 Å². The van der Waals surface area contributed by atoms with Crippen LogP contribution in [0, 0.1) is 0 Å². The monoisotopic (exact) mass is 280 g/mol. The molecule has 0 atom stereocenters. The van der Waals surface area contributed by atoms with Crippen LogP contribution in [0.3, 0.4) is 0 Å². The summed E-state index contributed by atoms with van der Waals surface area (Å²) in [5.41, 5.74) is -0.629. The second kappa shape index (κ2) is 6.29. The summed E-state index contributed by atoms with van der Waals surface area (Å²) >= 11 is 0. The molecule has 6 heteroatoms. The van der Waals surface area contributed by atoms with Crippen LogP contribution in [-0.2, 0) is 0 Å². The number of hydrogen-bond acceptors (Lipinski definition) is 6. The smallest absolute Gasteiger partial charge is 0.383 e. The molecular formula is C14H16O6. The molecule has 0 bridgehead atoms. The molecule has 2 aromatic rings. The van der Waals surface area contributed by atoms with Gasteiger partial charge in [0.25, 0.3) is 0 Å². The molecule has 0 saturated carbocycles. The van der Waals surface area contributed by atoms with E-state index in [0.717, 1.165) is 0 Å². The van der Waals surface area contributed by atoms with E-state index in [0.29, 0.717) is 18.4 Å². The molecule has 0 spiro atoms. The molecule has 0 aliphatic carbocycles. The summed E-state index contributed by atoms with van der Waals surface area (Å²) in [6, 6.07) is 4.84. The van der Waals surface area contributed by atoms with Crippen LogP contribution in [0.2, 0.25) is 0 Å². The summed E-state index contributed by atoms with van der Waals surface area (Å²) in [7, 11) is 0. The fraction of sp³-hybridized carbons (Fsp3) is 0.357. The SMILES string of the molecule is CCCOc1c(O)c2cccc(OCCO)c2oc1=O. The van der Waals surface area contributed by atoms with Crippen molar-refractivity contribution >= 4 is 11.0 Å². The zero-order valence-electron chi connectivity index (χ0n) is 11.1. The van der Waals surface area contributed by atoms with Crippen molar-refractivity contribution in [1.29, 1.82) is 0 Å². The molecule has 1 aromatic carbocycles. The van der Waals surface area contributed by atoms with E-state index in [1.165, 1.54) is 0 Å². The van der Waals surface area contributed by atoms with Gasteiger partial charge >= 0.3 is 5.63 Å². The Hall–Kier alpha value is -2.21. The lowest BCUT2D eigenvalue weighted by Gasteiger charge is -2.10. The van der Waals surface area contributed by atoms with E-state index in [-0.39, 0.29) is 36.0 Å². The number of aliphatic hydroxyl groups is 1. The normalized spacial score (nSPS) is 10.7. The van der Waals surface area contributed by atoms with Crippen molar-refractivity contribution in [3.05, 3.63) is 28.6 Å². The maximum absolute atomic E-state index is 11.8. The predicted molar refractivity (Wildman–Crippen MR) is 72.5 cm³/mol. The van der Waals surface area contributed by atoms with Crippen LogP contribution in [0.1, 0.15) is 13.3 Å². The number of fused-ring (bicyclic) bond motifs is 1. The fourth-order valence-electron chi connectivity index (χ4n) is 1.77. The molecule has 0 amide bonds. The fourth-order valence-corrected chi connectivity index (χ4v) is 1.77. The molecule has 0 aliphatic rings. The van der Waals surface area contributed by atoms with Crippen molar-refractivity contribution in [3.63, 3.8) is 0 Å². The Balaban J connectivity index is 2.54. The highest BCUT2D eigenvalue weighted by molar-refractivity contribution is 5.89. The third kappa shape index (κ3) is 2.70. The van der Waals surface area contributed by atoms with Crippen LogP contribution in [0.15, 0.2) is 27.4 Å². The lowest BCUT2D eigenvalue weighted by Crippen LogP contribution is -2.09. The predicted octanol–water partition coefficient (Wildman–Crippen LogP) is 1.66. The molecule has 6 nitrogen and oxygen atoms in total. The third-order valence-corrected chi connectivity index (χ3v) is 2.63. The first kappa shape index (κ1) is 14.2. The van der Waals surface area contributed by atoms with Crippen LogP contribution in [0.4, 0.5) is 0 Å². The first-order valence-corrected chi connectivity index (χ1v) is 6.34. The second-order valence-corrected chi connectivity index (χ2v) is 4.12. The molecule has 0 radical (unpaired) electrons. The molecule has 0 aliphatic heterocycles. The minimum Gasteiger partial charge on any atom is -0.504 e. The summed E-state index contributed by atoms with van der Waals surface area (Å²) < 4.78 is 15.6. The van der Waals surface area contributed by atoms with Crippen LogP contribution in [0.5, 0.6) is 17.2 Å². The van der Waals surface area contributed by atoms with E-state index in [4.69, 9.17) is 19.0 Å². The number of para-hydroxylation sites is 1. The van der Waals surface area contributed by atoms with Gasteiger partial charge in [-0.25, -0.2) is 4.79 Å². The van der Waals surface area contributed by atoms with E-state index in [1.54, 1.807) is 18.2 Å². The average Bonchev–Trinajstić information content (AvgIpc) is 2.45. The first-order valence-electron chi connectivity index (χ1n) is 6.34. The van der Waals surface area contributed by atoms with Gasteiger partial charge in [-0.15, -0.1) is 0 Å². The van der Waals surface area contributed by atoms with Crippen molar-refractivity contribution in [2.45, 2.75) is 13.3 Å². The van der Waals surface area contributed by atoms with Gasteiger partial charge in [0.1, 0.15) is 6.61 Å². The second-order valence-electron chi connectivity index (χ2n) is 4.12. The number of hydrogen-bond donors (Lipinski definition) is 2. The minimum atomic E-state index is -0.761. The van der Waals surface area contributed by atoms with Gasteiger partial charge in [-0.2, -0.15) is 0 Å². The topological polar surface area (TPSA) is 89.1 Å². The number of benzene rings is 1. The van der Waals surface area contributed by atoms with Crippen molar-refractivity contribution in [2.24, 2.45) is 0 Å². The molecule has 0 saturated heterocycles. The van der Waals surface area contributed by atoms with E-state index < -0.39 is 5.63 Å². The summed E-state index contributed by atoms with van der Waals surface area (Å²) in [4.78, 5) is 11.8. The number of ether oxygens (including phenoxy) is 2. The lowest BCUT2D eigenvalue weighted by atomic mass is 10.2. The van der Waals surface area contributed by atoms with Crippen LogP contribution >= 0.6 is 0 Å². The van der Waals surface area contributed by atoms with Crippen molar-refractivity contribution < 1.29 is 24.1 Å². The van der Waals surface area contributed by atoms with Crippen molar-refractivity contribution in [2.75, 3.05) is 19.8 Å². The maximum atomic E-state index is 11.8. The van der Waals surface area contributed by atoms with Gasteiger partial charge in [-0.3, -0.25) is 0 Å². The lowest BCUT2D eigenvalue weighted by molar-refractivity contribution is 0.201. The highest BCUT2D eigenvalue weighted by atomic mass is 16.5. The molecule has 1 heterocycles. The average molecular weight is 280 g/mol. The van der Waals surface area contributed by atoms with E-state index in [9.17, 15) is 9.90 Å². The minimum absolute atomic E-state index is 0.0671. The third-order valence-electron chi connectivity index (χ3n) is 2.63. The van der Waals surface area contributed by atoms with Gasteiger partial charge in [0, 0.05) is 0 Å². The van der Waals surface area contributed by atoms with E-state index >= 15 is 0 Å². The molecule has 0 fully saturated rings. The van der Waals surface area contributed by atoms with Gasteiger partial charge in [0.15, 0.2) is 17.1 Å². The number of aliphatic hydroxyl groups excluding tert-OH is 1. The summed E-state index contributed by atoms with van der Waals surface area (Å²) in [5, 5.41) is 19.2. The highest BCUT2D eigenvalue weighted by Crippen LogP contribution is 2.35. The Morgan fingerprint density at radius 1 is 1.25 bits per heavy atom. The van der Waals surface area contributed by atoms with Crippen LogP contribution in [0.25, 0.3) is 11.0 Å². The number of aromatic hydroxyl groups is 1. The highest BCUT2D eigenvalue weighted by Gasteiger charge is 2.17. The molecule has 0 unspecified atom stereocenters. The summed E-state index contributed by atoms with van der Waals surface area (Å²) in [6.07, 6.45) is 0.705. The Labute approximate surface area is 115 Å². The zero-order chi connectivity index (χ0) is 14.5. The molecular weight excluding hydrogens is 264 g/mol. The molecule has 108 valence electrons. The standard InChI is InChI=1S/C14H16O6/c1-2-7-19-13-11(16)9-4-3-5-10(18-8-6-15)12(9)20-14(13)17/h3-5,15-16H,2,6-8H2,1H3.